The van der Waals surface area contributed by atoms with Gasteiger partial charge < -0.3 is 5.21 Å². The Labute approximate surface area is 89.2 Å². The quantitative estimate of drug-likeness (QED) is 0.308. The Balaban J connectivity index is 3.17. The summed E-state index contributed by atoms with van der Waals surface area (Å²) in [6, 6.07) is 5.88. The van der Waals surface area contributed by atoms with Gasteiger partial charge in [-0.15, -0.1) is 0 Å². The van der Waals surface area contributed by atoms with E-state index in [4.69, 9.17) is 10.4 Å². The molecule has 0 aromatic heterocycles. The SMILES string of the molecule is CCc1cc(CC)cc(C(=NO)NO)c1. The van der Waals surface area contributed by atoms with Crippen LogP contribution in [-0.4, -0.2) is 16.3 Å². The van der Waals surface area contributed by atoms with E-state index in [1.807, 2.05) is 17.6 Å². The van der Waals surface area contributed by atoms with Gasteiger partial charge in [-0.2, -0.15) is 0 Å². The van der Waals surface area contributed by atoms with Crippen molar-refractivity contribution < 1.29 is 10.4 Å². The standard InChI is InChI=1S/C11H16N2O2/c1-3-8-5-9(4-2)7-10(6-8)11(12-14)13-15/h5-7,14-15H,3-4H2,1-2H3,(H,12,13). The van der Waals surface area contributed by atoms with E-state index in [0.29, 0.717) is 5.56 Å². The van der Waals surface area contributed by atoms with Gasteiger partial charge in [0.25, 0.3) is 0 Å². The first-order valence-corrected chi connectivity index (χ1v) is 5.00. The third-order valence-corrected chi connectivity index (χ3v) is 2.35. The predicted octanol–water partition coefficient (Wildman–Crippen LogP) is 1.93. The van der Waals surface area contributed by atoms with Gasteiger partial charge in [-0.1, -0.05) is 25.1 Å². The van der Waals surface area contributed by atoms with Crippen molar-refractivity contribution in [2.45, 2.75) is 26.7 Å². The van der Waals surface area contributed by atoms with Crippen molar-refractivity contribution in [3.05, 3.63) is 34.9 Å². The molecule has 1 aromatic rings. The number of nitrogens with zero attached hydrogens (tertiary/aromatic N) is 1. The van der Waals surface area contributed by atoms with Gasteiger partial charge in [0.1, 0.15) is 0 Å². The highest BCUT2D eigenvalue weighted by molar-refractivity contribution is 5.97. The highest BCUT2D eigenvalue weighted by atomic mass is 16.5. The first-order valence-electron chi connectivity index (χ1n) is 5.00. The summed E-state index contributed by atoms with van der Waals surface area (Å²) in [4.78, 5) is 0. The number of amidine groups is 1. The third-order valence-electron chi connectivity index (χ3n) is 2.35. The molecule has 3 N–H and O–H groups in total. The molecule has 0 heterocycles. The number of hydroxylamine groups is 1. The Morgan fingerprint density at radius 2 is 1.73 bits per heavy atom. The third kappa shape index (κ3) is 2.70. The van der Waals surface area contributed by atoms with Crippen LogP contribution >= 0.6 is 0 Å². The van der Waals surface area contributed by atoms with Gasteiger partial charge in [-0.25, -0.2) is 5.48 Å². The molecule has 0 saturated heterocycles. The van der Waals surface area contributed by atoms with Crippen molar-refractivity contribution in [1.29, 1.82) is 0 Å². The highest BCUT2D eigenvalue weighted by Crippen LogP contribution is 2.12. The minimum absolute atomic E-state index is 0.0694. The zero-order valence-electron chi connectivity index (χ0n) is 8.99. The Bertz CT molecular complexity index is 339. The molecule has 0 unspecified atom stereocenters. The zero-order chi connectivity index (χ0) is 11.3. The molecular formula is C11H16N2O2. The Kier molecular flexibility index (Phi) is 4.12. The van der Waals surface area contributed by atoms with Crippen LogP contribution in [-0.2, 0) is 12.8 Å². The summed E-state index contributed by atoms with van der Waals surface area (Å²) in [5.41, 5.74) is 4.87. The second kappa shape index (κ2) is 5.36. The fourth-order valence-electron chi connectivity index (χ4n) is 1.45. The van der Waals surface area contributed by atoms with Gasteiger partial charge in [0.2, 0.25) is 0 Å². The van der Waals surface area contributed by atoms with Gasteiger partial charge in [0.05, 0.1) is 0 Å². The molecule has 0 spiro atoms. The first-order chi connectivity index (χ1) is 7.24. The molecule has 0 aliphatic heterocycles. The van der Waals surface area contributed by atoms with Gasteiger partial charge >= 0.3 is 0 Å². The van der Waals surface area contributed by atoms with Gasteiger partial charge in [-0.3, -0.25) is 5.21 Å². The average Bonchev–Trinajstić information content (AvgIpc) is 2.30. The van der Waals surface area contributed by atoms with Crippen molar-refractivity contribution in [3.63, 3.8) is 0 Å². The lowest BCUT2D eigenvalue weighted by atomic mass is 10.0. The van der Waals surface area contributed by atoms with E-state index in [1.165, 1.54) is 0 Å². The lowest BCUT2D eigenvalue weighted by molar-refractivity contribution is 0.223. The van der Waals surface area contributed by atoms with Crippen LogP contribution in [0.3, 0.4) is 0 Å². The number of hydrogen-bond donors (Lipinski definition) is 3. The molecule has 82 valence electrons. The van der Waals surface area contributed by atoms with Crippen molar-refractivity contribution >= 4 is 5.84 Å². The van der Waals surface area contributed by atoms with Crippen molar-refractivity contribution in [2.75, 3.05) is 0 Å². The van der Waals surface area contributed by atoms with E-state index >= 15 is 0 Å². The van der Waals surface area contributed by atoms with Crippen LogP contribution in [0.5, 0.6) is 0 Å². The second-order valence-corrected chi connectivity index (χ2v) is 3.31. The molecule has 1 rings (SSSR count). The van der Waals surface area contributed by atoms with E-state index in [9.17, 15) is 0 Å². The van der Waals surface area contributed by atoms with E-state index in [-0.39, 0.29) is 5.84 Å². The number of hydrogen-bond acceptors (Lipinski definition) is 3. The van der Waals surface area contributed by atoms with Crippen LogP contribution in [0.2, 0.25) is 0 Å². The van der Waals surface area contributed by atoms with E-state index in [2.05, 4.69) is 25.1 Å². The minimum Gasteiger partial charge on any atom is -0.409 e. The van der Waals surface area contributed by atoms with Crippen LogP contribution in [0.4, 0.5) is 0 Å². The van der Waals surface area contributed by atoms with Crippen LogP contribution in [0.15, 0.2) is 23.4 Å². The molecule has 0 fully saturated rings. The van der Waals surface area contributed by atoms with E-state index in [0.717, 1.165) is 24.0 Å². The lowest BCUT2D eigenvalue weighted by Gasteiger charge is -2.07. The molecule has 0 aliphatic rings. The molecule has 0 amide bonds. The molecular weight excluding hydrogens is 192 g/mol. The summed E-state index contributed by atoms with van der Waals surface area (Å²) in [5, 5.41) is 20.4. The van der Waals surface area contributed by atoms with Crippen LogP contribution in [0.25, 0.3) is 0 Å². The molecule has 0 aliphatic carbocycles. The second-order valence-electron chi connectivity index (χ2n) is 3.31. The summed E-state index contributed by atoms with van der Waals surface area (Å²) < 4.78 is 0. The molecule has 0 radical (unpaired) electrons. The number of oxime groups is 1. The molecule has 4 nitrogen and oxygen atoms in total. The fraction of sp³-hybridized carbons (Fsp3) is 0.364. The normalized spacial score (nSPS) is 11.5. The van der Waals surface area contributed by atoms with E-state index < -0.39 is 0 Å². The van der Waals surface area contributed by atoms with E-state index in [1.54, 1.807) is 0 Å². The Morgan fingerprint density at radius 1 is 1.20 bits per heavy atom. The smallest absolute Gasteiger partial charge is 0.196 e. The molecule has 4 heteroatoms. The minimum atomic E-state index is 0.0694. The summed E-state index contributed by atoms with van der Waals surface area (Å²) in [7, 11) is 0. The molecule has 15 heavy (non-hydrogen) atoms. The summed E-state index contributed by atoms with van der Waals surface area (Å²) >= 11 is 0. The summed E-state index contributed by atoms with van der Waals surface area (Å²) in [6.07, 6.45) is 1.82. The molecule has 0 atom stereocenters. The first kappa shape index (κ1) is 11.5. The maximum absolute atomic E-state index is 8.77. The van der Waals surface area contributed by atoms with Gasteiger partial charge in [-0.05, 0) is 36.1 Å². The zero-order valence-corrected chi connectivity index (χ0v) is 8.99. The highest BCUT2D eigenvalue weighted by Gasteiger charge is 2.05. The Morgan fingerprint density at radius 3 is 2.07 bits per heavy atom. The van der Waals surface area contributed by atoms with Crippen molar-refractivity contribution in [2.24, 2.45) is 5.16 Å². The average molecular weight is 208 g/mol. The van der Waals surface area contributed by atoms with Crippen molar-refractivity contribution in [1.82, 2.24) is 5.48 Å². The van der Waals surface area contributed by atoms with Crippen LogP contribution < -0.4 is 5.48 Å². The predicted molar refractivity (Wildman–Crippen MR) is 58.4 cm³/mol. The number of benzene rings is 1. The monoisotopic (exact) mass is 208 g/mol. The molecule has 1 aromatic carbocycles. The molecule has 0 bridgehead atoms. The fourth-order valence-corrected chi connectivity index (χ4v) is 1.45. The van der Waals surface area contributed by atoms with Crippen LogP contribution in [0.1, 0.15) is 30.5 Å². The largest absolute Gasteiger partial charge is 0.409 e. The van der Waals surface area contributed by atoms with Crippen LogP contribution in [0, 0.1) is 0 Å². The number of rotatable bonds is 3. The topological polar surface area (TPSA) is 64.9 Å². The summed E-state index contributed by atoms with van der Waals surface area (Å²) in [5.74, 6) is 0.0694. The molecule has 0 saturated carbocycles. The number of nitrogens with one attached hydrogen (secondary N) is 1. The lowest BCUT2D eigenvalue weighted by Crippen LogP contribution is -2.20. The maximum atomic E-state index is 8.77. The summed E-state index contributed by atoms with van der Waals surface area (Å²) in [6.45, 7) is 4.11. The van der Waals surface area contributed by atoms with Gasteiger partial charge in [0, 0.05) is 5.56 Å². The number of aryl methyl sites for hydroxylation is 2. The van der Waals surface area contributed by atoms with Gasteiger partial charge in [0.15, 0.2) is 5.84 Å². The maximum Gasteiger partial charge on any atom is 0.196 e. The van der Waals surface area contributed by atoms with Crippen molar-refractivity contribution in [3.8, 4) is 0 Å². The Hall–Kier alpha value is -1.55.